The van der Waals surface area contributed by atoms with Crippen LogP contribution in [0.2, 0.25) is 0 Å². The maximum atomic E-state index is 12.2. The highest BCUT2D eigenvalue weighted by atomic mass is 79.9. The molecule has 0 amide bonds. The summed E-state index contributed by atoms with van der Waals surface area (Å²) in [6.45, 7) is 0. The number of pyridine rings is 1. The predicted molar refractivity (Wildman–Crippen MR) is 52.1 cm³/mol. The molecule has 0 atom stereocenters. The predicted octanol–water partition coefficient (Wildman–Crippen LogP) is 3.51. The number of aromatic nitrogens is 1. The van der Waals surface area contributed by atoms with E-state index in [4.69, 9.17) is 0 Å². The van der Waals surface area contributed by atoms with Crippen LogP contribution in [-0.4, -0.2) is 10.3 Å². The molecule has 1 heterocycles. The highest BCUT2D eigenvalue weighted by molar-refractivity contribution is 9.09. The maximum Gasteiger partial charge on any atom is 0.417 e. The second-order valence-electron chi connectivity index (χ2n) is 2.56. The average Bonchev–Trinajstić information content (AvgIpc) is 2.14. The van der Waals surface area contributed by atoms with Crippen molar-refractivity contribution < 1.29 is 13.2 Å². The van der Waals surface area contributed by atoms with Crippen molar-refractivity contribution in [1.29, 1.82) is 0 Å². The Labute approximate surface area is 87.8 Å². The summed E-state index contributed by atoms with van der Waals surface area (Å²) in [4.78, 5) is 3.52. The van der Waals surface area contributed by atoms with Crippen molar-refractivity contribution in [3.8, 4) is 0 Å². The van der Waals surface area contributed by atoms with Crippen LogP contribution in [0.15, 0.2) is 24.5 Å². The second-order valence-corrected chi connectivity index (χ2v) is 3.21. The number of hydrogen-bond acceptors (Lipinski definition) is 1. The van der Waals surface area contributed by atoms with E-state index in [1.54, 1.807) is 12.2 Å². The van der Waals surface area contributed by atoms with Gasteiger partial charge in [0.2, 0.25) is 0 Å². The highest BCUT2D eigenvalue weighted by Gasteiger charge is 2.30. The highest BCUT2D eigenvalue weighted by Crippen LogP contribution is 2.28. The lowest BCUT2D eigenvalue weighted by Gasteiger charge is -2.05. The summed E-state index contributed by atoms with van der Waals surface area (Å²) >= 11 is 3.14. The fraction of sp³-hybridized carbons (Fsp3) is 0.222. The van der Waals surface area contributed by atoms with Gasteiger partial charge in [-0.2, -0.15) is 13.2 Å². The monoisotopic (exact) mass is 265 g/mol. The van der Waals surface area contributed by atoms with Gasteiger partial charge in [0.05, 0.1) is 5.56 Å². The van der Waals surface area contributed by atoms with Crippen molar-refractivity contribution in [2.45, 2.75) is 6.18 Å². The number of allylic oxidation sites excluding steroid dienone is 1. The van der Waals surface area contributed by atoms with Crippen LogP contribution in [0.5, 0.6) is 0 Å². The van der Waals surface area contributed by atoms with Crippen LogP contribution < -0.4 is 0 Å². The van der Waals surface area contributed by atoms with Gasteiger partial charge in [-0.05, 0) is 11.6 Å². The van der Waals surface area contributed by atoms with Gasteiger partial charge in [-0.1, -0.05) is 28.1 Å². The molecule has 76 valence electrons. The first-order valence-electron chi connectivity index (χ1n) is 3.79. The van der Waals surface area contributed by atoms with Crippen molar-refractivity contribution in [2.24, 2.45) is 0 Å². The minimum Gasteiger partial charge on any atom is -0.263 e. The van der Waals surface area contributed by atoms with Crippen molar-refractivity contribution in [3.05, 3.63) is 35.7 Å². The lowest BCUT2D eigenvalue weighted by molar-refractivity contribution is -0.137. The SMILES string of the molecule is FC(F)(F)c1cncc(C=CCBr)c1. The Hall–Kier alpha value is -0.840. The van der Waals surface area contributed by atoms with Crippen LogP contribution >= 0.6 is 15.9 Å². The molecule has 14 heavy (non-hydrogen) atoms. The average molecular weight is 266 g/mol. The molecule has 0 radical (unpaired) electrons. The van der Waals surface area contributed by atoms with Gasteiger partial charge in [0.25, 0.3) is 0 Å². The molecule has 0 fully saturated rings. The Bertz CT molecular complexity index is 333. The molecule has 0 saturated carbocycles. The van der Waals surface area contributed by atoms with Crippen LogP contribution in [0, 0.1) is 0 Å². The first-order valence-corrected chi connectivity index (χ1v) is 4.91. The molecular formula is C9H7BrF3N. The van der Waals surface area contributed by atoms with E-state index >= 15 is 0 Å². The van der Waals surface area contributed by atoms with Gasteiger partial charge in [0, 0.05) is 17.7 Å². The Morgan fingerprint density at radius 2 is 2.07 bits per heavy atom. The Kier molecular flexibility index (Phi) is 3.69. The zero-order chi connectivity index (χ0) is 10.6. The lowest BCUT2D eigenvalue weighted by Crippen LogP contribution is -2.05. The number of rotatable bonds is 2. The van der Waals surface area contributed by atoms with E-state index in [1.165, 1.54) is 6.20 Å². The summed E-state index contributed by atoms with van der Waals surface area (Å²) in [5.41, 5.74) is -0.284. The minimum atomic E-state index is -4.33. The number of nitrogens with zero attached hydrogens (tertiary/aromatic N) is 1. The van der Waals surface area contributed by atoms with Gasteiger partial charge in [-0.15, -0.1) is 0 Å². The molecule has 0 bridgehead atoms. The van der Waals surface area contributed by atoms with E-state index < -0.39 is 11.7 Å². The molecule has 1 nitrogen and oxygen atoms in total. The molecule has 0 spiro atoms. The van der Waals surface area contributed by atoms with Gasteiger partial charge in [0.1, 0.15) is 0 Å². The molecule has 0 aliphatic rings. The first kappa shape index (κ1) is 11.2. The normalized spacial score (nSPS) is 12.3. The smallest absolute Gasteiger partial charge is 0.263 e. The van der Waals surface area contributed by atoms with Gasteiger partial charge in [0.15, 0.2) is 0 Å². The Morgan fingerprint density at radius 1 is 1.36 bits per heavy atom. The third-order valence-electron chi connectivity index (χ3n) is 1.49. The molecule has 1 aromatic rings. The molecule has 1 aromatic heterocycles. The van der Waals surface area contributed by atoms with Gasteiger partial charge in [-0.25, -0.2) is 0 Å². The first-order chi connectivity index (χ1) is 6.54. The van der Waals surface area contributed by atoms with E-state index in [1.807, 2.05) is 0 Å². The van der Waals surface area contributed by atoms with Crippen molar-refractivity contribution in [1.82, 2.24) is 4.98 Å². The second kappa shape index (κ2) is 4.59. The number of alkyl halides is 4. The zero-order valence-electron chi connectivity index (χ0n) is 7.05. The third-order valence-corrected chi connectivity index (χ3v) is 1.86. The van der Waals surface area contributed by atoms with Crippen molar-refractivity contribution in [2.75, 3.05) is 5.33 Å². The summed E-state index contributed by atoms with van der Waals surface area (Å²) in [5.74, 6) is 0. The van der Waals surface area contributed by atoms with E-state index in [9.17, 15) is 13.2 Å². The summed E-state index contributed by atoms with van der Waals surface area (Å²) in [6.07, 6.45) is 1.15. The van der Waals surface area contributed by atoms with E-state index in [2.05, 4.69) is 20.9 Å². The van der Waals surface area contributed by atoms with Crippen molar-refractivity contribution in [3.63, 3.8) is 0 Å². The Balaban J connectivity index is 2.96. The molecule has 5 heteroatoms. The van der Waals surface area contributed by atoms with Crippen LogP contribution in [0.3, 0.4) is 0 Å². The molecule has 0 aliphatic carbocycles. The zero-order valence-corrected chi connectivity index (χ0v) is 8.64. The van der Waals surface area contributed by atoms with E-state index in [-0.39, 0.29) is 0 Å². The molecule has 1 rings (SSSR count). The minimum absolute atomic E-state index is 0.444. The van der Waals surface area contributed by atoms with Gasteiger partial charge < -0.3 is 0 Å². The number of hydrogen-bond donors (Lipinski definition) is 0. The van der Waals surface area contributed by atoms with E-state index in [0.29, 0.717) is 10.9 Å². The summed E-state index contributed by atoms with van der Waals surface area (Å²) in [5, 5.41) is 0.600. The maximum absolute atomic E-state index is 12.2. The fourth-order valence-electron chi connectivity index (χ4n) is 0.885. The van der Waals surface area contributed by atoms with Crippen molar-refractivity contribution >= 4 is 22.0 Å². The largest absolute Gasteiger partial charge is 0.417 e. The van der Waals surface area contributed by atoms with Gasteiger partial charge >= 0.3 is 6.18 Å². The standard InChI is InChI=1S/C9H7BrF3N/c10-3-1-2-7-4-8(6-14-5-7)9(11,12)13/h1-2,4-6H,3H2. The van der Waals surface area contributed by atoms with Crippen LogP contribution in [0.4, 0.5) is 13.2 Å². The molecule has 0 aromatic carbocycles. The lowest BCUT2D eigenvalue weighted by atomic mass is 10.2. The molecular weight excluding hydrogens is 259 g/mol. The van der Waals surface area contributed by atoms with Gasteiger partial charge in [-0.3, -0.25) is 4.98 Å². The summed E-state index contributed by atoms with van der Waals surface area (Å²) in [6, 6.07) is 1.06. The molecule has 0 unspecified atom stereocenters. The fourth-order valence-corrected chi connectivity index (χ4v) is 1.07. The van der Waals surface area contributed by atoms with Crippen LogP contribution in [0.25, 0.3) is 6.08 Å². The third kappa shape index (κ3) is 3.14. The molecule has 0 saturated heterocycles. The summed E-state index contributed by atoms with van der Waals surface area (Å²) in [7, 11) is 0. The van der Waals surface area contributed by atoms with E-state index in [0.717, 1.165) is 12.3 Å². The van der Waals surface area contributed by atoms with Crippen LogP contribution in [0.1, 0.15) is 11.1 Å². The molecule has 0 aliphatic heterocycles. The topological polar surface area (TPSA) is 12.9 Å². The number of halogens is 4. The quantitative estimate of drug-likeness (QED) is 0.746. The summed E-state index contributed by atoms with van der Waals surface area (Å²) < 4.78 is 36.7. The Morgan fingerprint density at radius 3 is 2.64 bits per heavy atom. The molecule has 0 N–H and O–H groups in total. The van der Waals surface area contributed by atoms with Crippen LogP contribution in [-0.2, 0) is 6.18 Å².